The smallest absolute Gasteiger partial charge is 0.211 e. The maximum Gasteiger partial charge on any atom is 0.240 e. The van der Waals surface area contributed by atoms with Crippen LogP contribution in [0.3, 0.4) is 0 Å². The van der Waals surface area contributed by atoms with Crippen molar-refractivity contribution in [3.8, 4) is 0 Å². The molecular weight excluding hydrogens is 294 g/mol. The first-order chi connectivity index (χ1) is 10.5. The SMILES string of the molecule is CCc1ccc(CCNS(=O)(=O)c2ccc(CC)cc2)cc1. The normalized spacial score (nSPS) is 11.5. The molecule has 118 valence electrons. The van der Waals surface area contributed by atoms with Crippen molar-refractivity contribution < 1.29 is 8.42 Å². The Morgan fingerprint density at radius 1 is 0.773 bits per heavy atom. The number of rotatable bonds is 7. The molecule has 0 aliphatic carbocycles. The van der Waals surface area contributed by atoms with Gasteiger partial charge in [-0.2, -0.15) is 0 Å². The van der Waals surface area contributed by atoms with Gasteiger partial charge in [0, 0.05) is 6.54 Å². The van der Waals surface area contributed by atoms with E-state index in [1.165, 1.54) is 5.56 Å². The molecule has 0 atom stereocenters. The number of hydrogen-bond donors (Lipinski definition) is 1. The van der Waals surface area contributed by atoms with Gasteiger partial charge in [-0.15, -0.1) is 0 Å². The zero-order valence-corrected chi connectivity index (χ0v) is 14.0. The second kappa shape index (κ2) is 7.56. The number of aryl methyl sites for hydroxylation is 2. The van der Waals surface area contributed by atoms with Gasteiger partial charge in [0.05, 0.1) is 4.90 Å². The van der Waals surface area contributed by atoms with E-state index in [2.05, 4.69) is 35.9 Å². The Kier molecular flexibility index (Phi) is 5.75. The fourth-order valence-electron chi connectivity index (χ4n) is 2.26. The molecule has 2 aromatic carbocycles. The third kappa shape index (κ3) is 4.42. The molecule has 0 fully saturated rings. The number of sulfonamides is 1. The van der Waals surface area contributed by atoms with Crippen LogP contribution in [0.25, 0.3) is 0 Å². The molecule has 0 aromatic heterocycles. The molecule has 2 rings (SSSR count). The quantitative estimate of drug-likeness (QED) is 0.851. The van der Waals surface area contributed by atoms with E-state index in [0.29, 0.717) is 17.9 Å². The average molecular weight is 317 g/mol. The molecule has 3 nitrogen and oxygen atoms in total. The van der Waals surface area contributed by atoms with Gasteiger partial charge in [0.25, 0.3) is 0 Å². The van der Waals surface area contributed by atoms with Crippen molar-refractivity contribution in [1.29, 1.82) is 0 Å². The fraction of sp³-hybridized carbons (Fsp3) is 0.333. The Morgan fingerprint density at radius 2 is 1.23 bits per heavy atom. The van der Waals surface area contributed by atoms with Crippen LogP contribution in [0.1, 0.15) is 30.5 Å². The first kappa shape index (κ1) is 16.7. The molecular formula is C18H23NO2S. The van der Waals surface area contributed by atoms with Crippen LogP contribution in [0.4, 0.5) is 0 Å². The minimum Gasteiger partial charge on any atom is -0.211 e. The Hall–Kier alpha value is -1.65. The summed E-state index contributed by atoms with van der Waals surface area (Å²) >= 11 is 0. The van der Waals surface area contributed by atoms with E-state index in [4.69, 9.17) is 0 Å². The molecule has 0 spiro atoms. The van der Waals surface area contributed by atoms with E-state index in [1.54, 1.807) is 12.1 Å². The molecule has 0 bridgehead atoms. The fourth-order valence-corrected chi connectivity index (χ4v) is 3.29. The molecule has 0 saturated heterocycles. The summed E-state index contributed by atoms with van der Waals surface area (Å²) in [5.74, 6) is 0. The van der Waals surface area contributed by atoms with Crippen molar-refractivity contribution in [2.45, 2.75) is 38.0 Å². The third-order valence-electron chi connectivity index (χ3n) is 3.78. The van der Waals surface area contributed by atoms with E-state index < -0.39 is 10.0 Å². The molecule has 22 heavy (non-hydrogen) atoms. The van der Waals surface area contributed by atoms with Crippen molar-refractivity contribution in [3.05, 3.63) is 65.2 Å². The van der Waals surface area contributed by atoms with Crippen molar-refractivity contribution in [2.75, 3.05) is 6.54 Å². The van der Waals surface area contributed by atoms with Crippen molar-refractivity contribution in [2.24, 2.45) is 0 Å². The van der Waals surface area contributed by atoms with Gasteiger partial charge in [0.15, 0.2) is 0 Å². The van der Waals surface area contributed by atoms with Crippen LogP contribution >= 0.6 is 0 Å². The average Bonchev–Trinajstić information content (AvgIpc) is 2.55. The first-order valence-electron chi connectivity index (χ1n) is 7.71. The predicted octanol–water partition coefficient (Wildman–Crippen LogP) is 3.33. The van der Waals surface area contributed by atoms with Crippen LogP contribution in [0.5, 0.6) is 0 Å². The summed E-state index contributed by atoms with van der Waals surface area (Å²) in [6.07, 6.45) is 2.61. The van der Waals surface area contributed by atoms with E-state index in [0.717, 1.165) is 24.0 Å². The third-order valence-corrected chi connectivity index (χ3v) is 5.26. The lowest BCUT2D eigenvalue weighted by molar-refractivity contribution is 0.581. The molecule has 4 heteroatoms. The standard InChI is InChI=1S/C18H23NO2S/c1-3-15-5-7-17(8-6-15)13-14-19-22(20,21)18-11-9-16(4-2)10-12-18/h5-12,19H,3-4,13-14H2,1-2H3. The van der Waals surface area contributed by atoms with Gasteiger partial charge in [-0.1, -0.05) is 50.2 Å². The predicted molar refractivity (Wildman–Crippen MR) is 90.5 cm³/mol. The topological polar surface area (TPSA) is 46.2 Å². The maximum atomic E-state index is 12.2. The van der Waals surface area contributed by atoms with Crippen LogP contribution in [0, 0.1) is 0 Å². The Morgan fingerprint density at radius 3 is 1.73 bits per heavy atom. The number of nitrogens with one attached hydrogen (secondary N) is 1. The monoisotopic (exact) mass is 317 g/mol. The highest BCUT2D eigenvalue weighted by atomic mass is 32.2. The number of benzene rings is 2. The lowest BCUT2D eigenvalue weighted by atomic mass is 10.1. The summed E-state index contributed by atoms with van der Waals surface area (Å²) in [7, 11) is -3.42. The molecule has 2 aromatic rings. The largest absolute Gasteiger partial charge is 0.240 e. The number of hydrogen-bond acceptors (Lipinski definition) is 2. The van der Waals surface area contributed by atoms with Crippen molar-refractivity contribution in [3.63, 3.8) is 0 Å². The van der Waals surface area contributed by atoms with Gasteiger partial charge >= 0.3 is 0 Å². The highest BCUT2D eigenvalue weighted by Gasteiger charge is 2.12. The minimum atomic E-state index is -3.42. The van der Waals surface area contributed by atoms with E-state index in [-0.39, 0.29) is 0 Å². The molecule has 0 aliphatic rings. The molecule has 0 heterocycles. The molecule has 0 aliphatic heterocycles. The van der Waals surface area contributed by atoms with Gasteiger partial charge in [-0.25, -0.2) is 13.1 Å². The van der Waals surface area contributed by atoms with Gasteiger partial charge in [0.2, 0.25) is 10.0 Å². The van der Waals surface area contributed by atoms with E-state index in [1.807, 2.05) is 19.1 Å². The second-order valence-electron chi connectivity index (χ2n) is 5.32. The molecule has 1 N–H and O–H groups in total. The lowest BCUT2D eigenvalue weighted by Gasteiger charge is -2.08. The lowest BCUT2D eigenvalue weighted by Crippen LogP contribution is -2.26. The summed E-state index contributed by atoms with van der Waals surface area (Å²) in [4.78, 5) is 0.325. The van der Waals surface area contributed by atoms with Crippen LogP contribution in [-0.2, 0) is 29.3 Å². The summed E-state index contributed by atoms with van der Waals surface area (Å²) in [5, 5.41) is 0. The molecule has 0 amide bonds. The van der Waals surface area contributed by atoms with Gasteiger partial charge in [-0.3, -0.25) is 0 Å². The van der Waals surface area contributed by atoms with Crippen LogP contribution in [-0.4, -0.2) is 15.0 Å². The minimum absolute atomic E-state index is 0.325. The van der Waals surface area contributed by atoms with Crippen molar-refractivity contribution >= 4 is 10.0 Å². The Labute approximate surface area is 133 Å². The summed E-state index contributed by atoms with van der Waals surface area (Å²) in [5.41, 5.74) is 3.57. The highest BCUT2D eigenvalue weighted by molar-refractivity contribution is 7.89. The zero-order chi connectivity index (χ0) is 16.0. The van der Waals surface area contributed by atoms with E-state index >= 15 is 0 Å². The Balaban J connectivity index is 1.93. The molecule has 0 unspecified atom stereocenters. The van der Waals surface area contributed by atoms with Crippen LogP contribution in [0.15, 0.2) is 53.4 Å². The summed E-state index contributed by atoms with van der Waals surface area (Å²) < 4.78 is 27.1. The zero-order valence-electron chi connectivity index (χ0n) is 13.2. The van der Waals surface area contributed by atoms with Gasteiger partial charge in [0.1, 0.15) is 0 Å². The maximum absolute atomic E-state index is 12.2. The Bertz CT molecular complexity index is 689. The second-order valence-corrected chi connectivity index (χ2v) is 7.08. The molecule has 0 saturated carbocycles. The van der Waals surface area contributed by atoms with E-state index in [9.17, 15) is 8.42 Å². The van der Waals surface area contributed by atoms with Crippen molar-refractivity contribution in [1.82, 2.24) is 4.72 Å². The van der Waals surface area contributed by atoms with Crippen LogP contribution < -0.4 is 4.72 Å². The first-order valence-corrected chi connectivity index (χ1v) is 9.20. The van der Waals surface area contributed by atoms with Gasteiger partial charge in [-0.05, 0) is 48.1 Å². The summed E-state index contributed by atoms with van der Waals surface area (Å²) in [6.45, 7) is 4.57. The van der Waals surface area contributed by atoms with Gasteiger partial charge < -0.3 is 0 Å². The highest BCUT2D eigenvalue weighted by Crippen LogP contribution is 2.11. The molecule has 0 radical (unpaired) electrons. The summed E-state index contributed by atoms with van der Waals surface area (Å²) in [6, 6.07) is 15.3. The van der Waals surface area contributed by atoms with Crippen LogP contribution in [0.2, 0.25) is 0 Å².